The minimum absolute atomic E-state index is 0.0694. The smallest absolute Gasteiger partial charge is 0.395 e. The van der Waals surface area contributed by atoms with Crippen LogP contribution in [0.2, 0.25) is 0 Å². The van der Waals surface area contributed by atoms with Gasteiger partial charge in [-0.2, -0.15) is 4.31 Å². The largest absolute Gasteiger partial charge is 0.478 e. The van der Waals surface area contributed by atoms with Crippen LogP contribution in [0.25, 0.3) is 0 Å². The Morgan fingerprint density at radius 3 is 0.429 bits per heavy atom. The van der Waals surface area contributed by atoms with Gasteiger partial charge in [0.2, 0.25) is 0 Å². The lowest BCUT2D eigenvalue weighted by atomic mass is 10.4. The van der Waals surface area contributed by atoms with Gasteiger partial charge in [-0.05, 0) is 0 Å². The molecule has 0 aromatic rings. The van der Waals surface area contributed by atoms with Gasteiger partial charge in [0, 0.05) is 78.5 Å². The maximum atomic E-state index is 9.63. The van der Waals surface area contributed by atoms with Crippen LogP contribution in [0.4, 0.5) is 0 Å². The summed E-state index contributed by atoms with van der Waals surface area (Å²) < 4.78 is 22.2. The first-order valence-corrected chi connectivity index (χ1v) is 18.2. The van der Waals surface area contributed by atoms with E-state index in [0.29, 0.717) is 78.5 Å². The summed E-state index contributed by atoms with van der Waals surface area (Å²) in [4.78, 5) is 38.2. The Hall–Kier alpha value is -0.380. The molecule has 0 bridgehead atoms. The van der Waals surface area contributed by atoms with Crippen molar-refractivity contribution < 1.29 is 94.3 Å². The fourth-order valence-electron chi connectivity index (χ4n) is 3.18. The number of hydrogen-bond acceptors (Lipinski definition) is 19. The molecule has 0 saturated carbocycles. The number of aliphatic hydroxyl groups is 12. The van der Waals surface area contributed by atoms with E-state index in [1.807, 2.05) is 0 Å². The van der Waals surface area contributed by atoms with Gasteiger partial charge in [-0.1, -0.05) is 0 Å². The number of hydrogen-bond donors (Lipinski definition) is 16. The van der Waals surface area contributed by atoms with Gasteiger partial charge in [0.1, 0.15) is 0 Å². The first-order chi connectivity index (χ1) is 23.1. The Kier molecular flexibility index (Phi) is 51.8. The topological polar surface area (TPSA) is 380 Å². The van der Waals surface area contributed by atoms with Gasteiger partial charge in [0.15, 0.2) is 0 Å². The minimum Gasteiger partial charge on any atom is -0.395 e. The minimum atomic E-state index is -5.05. The van der Waals surface area contributed by atoms with Crippen LogP contribution in [0.3, 0.4) is 0 Å². The molecule has 23 nitrogen and oxygen atoms in total. The molecule has 0 unspecified atom stereocenters. The fraction of sp³-hybridized carbons (Fsp3) is 1.00. The van der Waals surface area contributed by atoms with E-state index in [2.05, 4.69) is 4.31 Å². The van der Waals surface area contributed by atoms with Crippen molar-refractivity contribution in [2.75, 3.05) is 158 Å². The third-order valence-electron chi connectivity index (χ3n) is 5.21. The van der Waals surface area contributed by atoms with Gasteiger partial charge in [0.25, 0.3) is 0 Å². The zero-order chi connectivity index (χ0) is 39.0. The lowest BCUT2D eigenvalue weighted by molar-refractivity contribution is 0.136. The lowest BCUT2D eigenvalue weighted by Gasteiger charge is -2.17. The van der Waals surface area contributed by atoms with Crippen LogP contribution >= 0.6 is 15.6 Å². The highest BCUT2D eigenvalue weighted by atomic mass is 31.3. The van der Waals surface area contributed by atoms with Crippen molar-refractivity contribution in [3.05, 3.63) is 0 Å². The maximum absolute atomic E-state index is 9.63. The van der Waals surface area contributed by atoms with E-state index in [0.717, 1.165) is 0 Å². The average molecular weight is 775 g/mol. The molecule has 304 valence electrons. The van der Waals surface area contributed by atoms with E-state index >= 15 is 0 Å². The number of phosphoric acid groups is 2. The van der Waals surface area contributed by atoms with E-state index in [1.54, 1.807) is 19.6 Å². The van der Waals surface area contributed by atoms with Crippen molar-refractivity contribution in [1.29, 1.82) is 0 Å². The molecule has 16 N–H and O–H groups in total. The third-order valence-corrected chi connectivity index (χ3v) is 6.91. The summed E-state index contributed by atoms with van der Waals surface area (Å²) in [6, 6.07) is 0. The van der Waals surface area contributed by atoms with Crippen molar-refractivity contribution in [1.82, 2.24) is 19.6 Å². The van der Waals surface area contributed by atoms with Gasteiger partial charge in [-0.25, -0.2) is 9.13 Å². The summed E-state index contributed by atoms with van der Waals surface area (Å²) in [7, 11) is -10.1. The highest BCUT2D eigenvalue weighted by Crippen LogP contribution is 2.53. The molecule has 0 saturated heterocycles. The molecule has 0 aliphatic rings. The Morgan fingerprint density at radius 1 is 0.286 bits per heavy atom. The van der Waals surface area contributed by atoms with Crippen LogP contribution in [-0.2, 0) is 13.4 Å². The molecular formula is C24H64N4O19P2. The standard InChI is InChI=1S/4C6H15NO3.H4O7P2/c4*8-4-1-7(2-5-9)3-6-10;1-8(2,3)7-9(4,5)6/h4*8-10H,1-6H2;(H2,1,2,3)(H2,4,5,6). The van der Waals surface area contributed by atoms with Crippen molar-refractivity contribution >= 4 is 15.6 Å². The van der Waals surface area contributed by atoms with E-state index in [4.69, 9.17) is 80.9 Å². The molecule has 0 fully saturated rings. The van der Waals surface area contributed by atoms with E-state index in [1.165, 1.54) is 0 Å². The predicted molar refractivity (Wildman–Crippen MR) is 176 cm³/mol. The molecule has 0 atom stereocenters. The normalized spacial score (nSPS) is 11.3. The Bertz CT molecular complexity index is 566. The van der Waals surface area contributed by atoms with Crippen LogP contribution < -0.4 is 0 Å². The van der Waals surface area contributed by atoms with E-state index in [9.17, 15) is 9.13 Å². The molecule has 0 radical (unpaired) electrons. The zero-order valence-corrected chi connectivity index (χ0v) is 29.8. The molecule has 0 aliphatic carbocycles. The van der Waals surface area contributed by atoms with Crippen molar-refractivity contribution in [3.8, 4) is 0 Å². The molecule has 49 heavy (non-hydrogen) atoms. The number of nitrogens with zero attached hydrogens (tertiary/aromatic N) is 4. The van der Waals surface area contributed by atoms with Crippen LogP contribution in [0, 0.1) is 0 Å². The summed E-state index contributed by atoms with van der Waals surface area (Å²) >= 11 is 0. The highest BCUT2D eigenvalue weighted by Gasteiger charge is 2.28. The van der Waals surface area contributed by atoms with Crippen LogP contribution in [0.15, 0.2) is 0 Å². The molecule has 0 amide bonds. The number of rotatable bonds is 26. The van der Waals surface area contributed by atoms with Gasteiger partial charge < -0.3 is 80.9 Å². The van der Waals surface area contributed by atoms with Gasteiger partial charge in [0.05, 0.1) is 79.3 Å². The summed E-state index contributed by atoms with van der Waals surface area (Å²) in [5.41, 5.74) is 0. The second kappa shape index (κ2) is 43.8. The zero-order valence-electron chi connectivity index (χ0n) is 28.0. The molecule has 25 heteroatoms. The average Bonchev–Trinajstić information content (AvgIpc) is 2.98. The molecule has 0 aromatic carbocycles. The summed E-state index contributed by atoms with van der Waals surface area (Å²) in [6.45, 7) is 7.01. The lowest BCUT2D eigenvalue weighted by Crippen LogP contribution is -2.32. The van der Waals surface area contributed by atoms with Gasteiger partial charge >= 0.3 is 15.6 Å². The van der Waals surface area contributed by atoms with Gasteiger partial charge in [-0.15, -0.1) is 0 Å². The van der Waals surface area contributed by atoms with E-state index < -0.39 is 15.6 Å². The Labute approximate surface area is 287 Å². The second-order valence-corrected chi connectivity index (χ2v) is 11.7. The van der Waals surface area contributed by atoms with Crippen molar-refractivity contribution in [2.24, 2.45) is 0 Å². The van der Waals surface area contributed by atoms with E-state index in [-0.39, 0.29) is 79.3 Å². The monoisotopic (exact) mass is 774 g/mol. The fourth-order valence-corrected chi connectivity index (χ4v) is 4.29. The Balaban J connectivity index is -0.000000165. The van der Waals surface area contributed by atoms with Crippen LogP contribution in [-0.4, -0.2) is 258 Å². The molecule has 0 rings (SSSR count). The molecule has 0 aromatic heterocycles. The summed E-state index contributed by atoms with van der Waals surface area (Å²) in [5, 5.41) is 102. The molecule has 0 heterocycles. The van der Waals surface area contributed by atoms with Crippen LogP contribution in [0.5, 0.6) is 0 Å². The Morgan fingerprint density at radius 2 is 0.388 bits per heavy atom. The van der Waals surface area contributed by atoms with Crippen LogP contribution in [0.1, 0.15) is 0 Å². The molecule has 0 aliphatic heterocycles. The summed E-state index contributed by atoms with van der Waals surface area (Å²) in [6.07, 6.45) is 0. The van der Waals surface area contributed by atoms with Gasteiger partial charge in [-0.3, -0.25) is 19.6 Å². The first kappa shape index (κ1) is 57.9. The summed E-state index contributed by atoms with van der Waals surface area (Å²) in [5.74, 6) is 0. The predicted octanol–water partition coefficient (Wildman–Crippen LogP) is -7.75. The number of aliphatic hydroxyl groups excluding tert-OH is 12. The van der Waals surface area contributed by atoms with Crippen molar-refractivity contribution in [3.63, 3.8) is 0 Å². The third kappa shape index (κ3) is 57.2. The first-order valence-electron chi connectivity index (χ1n) is 15.1. The molecule has 0 spiro atoms. The SMILES string of the molecule is O=P(O)(O)OP(=O)(O)O.OCCN(CCO)CCO.OCCN(CCO)CCO.OCCN(CCO)CCO.OCCN(CCO)CCO. The highest BCUT2D eigenvalue weighted by molar-refractivity contribution is 7.60. The quantitative estimate of drug-likeness (QED) is 0.0363. The maximum Gasteiger partial charge on any atom is 0.478 e. The van der Waals surface area contributed by atoms with Crippen molar-refractivity contribution in [2.45, 2.75) is 0 Å². The second-order valence-electron chi connectivity index (χ2n) is 9.11. The molecular weight excluding hydrogens is 710 g/mol.